The van der Waals surface area contributed by atoms with E-state index in [1.807, 2.05) is 39.0 Å². The molecular formula is C18H26N2O2. The molecule has 4 heteroatoms. The summed E-state index contributed by atoms with van der Waals surface area (Å²) in [5.74, 6) is 0.279. The molecule has 0 aromatic carbocycles. The van der Waals surface area contributed by atoms with E-state index in [1.165, 1.54) is 0 Å². The average Bonchev–Trinajstić information content (AvgIpc) is 2.48. The van der Waals surface area contributed by atoms with Crippen LogP contribution in [-0.2, 0) is 4.74 Å². The number of hydrogen-bond acceptors (Lipinski definition) is 3. The van der Waals surface area contributed by atoms with Crippen molar-refractivity contribution in [2.45, 2.75) is 51.7 Å². The molecule has 120 valence electrons. The highest BCUT2D eigenvalue weighted by Crippen LogP contribution is 2.34. The van der Waals surface area contributed by atoms with Gasteiger partial charge in [-0.3, -0.25) is 4.98 Å². The molecule has 0 radical (unpaired) electrons. The summed E-state index contributed by atoms with van der Waals surface area (Å²) in [5.41, 5.74) is 0.412. The Morgan fingerprint density at radius 3 is 2.73 bits per heavy atom. The molecule has 0 fully saturated rings. The zero-order valence-corrected chi connectivity index (χ0v) is 14.0. The van der Waals surface area contributed by atoms with Gasteiger partial charge < -0.3 is 9.64 Å². The van der Waals surface area contributed by atoms with Gasteiger partial charge in [0.15, 0.2) is 0 Å². The summed E-state index contributed by atoms with van der Waals surface area (Å²) in [5, 5.41) is 0. The second-order valence-corrected chi connectivity index (χ2v) is 6.81. The first-order valence-electron chi connectivity index (χ1n) is 7.92. The summed E-state index contributed by atoms with van der Waals surface area (Å²) >= 11 is 0. The lowest BCUT2D eigenvalue weighted by Crippen LogP contribution is -2.39. The molecule has 0 saturated carbocycles. The third-order valence-electron chi connectivity index (χ3n) is 3.79. The SMILES string of the molecule is CN(C(=O)OC(C)(C)C)[C@@H](c1ccccn1)[C@@H]1C=CCCC1. The molecule has 0 aliphatic heterocycles. The molecule has 1 aromatic rings. The number of hydrogen-bond donors (Lipinski definition) is 0. The van der Waals surface area contributed by atoms with Crippen molar-refractivity contribution in [1.29, 1.82) is 0 Å². The molecule has 1 aliphatic rings. The van der Waals surface area contributed by atoms with Crippen LogP contribution in [0.25, 0.3) is 0 Å². The van der Waals surface area contributed by atoms with Gasteiger partial charge in [0.2, 0.25) is 0 Å². The van der Waals surface area contributed by atoms with Crippen molar-refractivity contribution in [3.05, 3.63) is 42.2 Å². The fourth-order valence-electron chi connectivity index (χ4n) is 2.81. The van der Waals surface area contributed by atoms with E-state index < -0.39 is 5.60 Å². The topological polar surface area (TPSA) is 42.4 Å². The van der Waals surface area contributed by atoms with Crippen LogP contribution in [0.1, 0.15) is 51.8 Å². The van der Waals surface area contributed by atoms with Crippen molar-refractivity contribution >= 4 is 6.09 Å². The Kier molecular flexibility index (Phi) is 5.22. The Hall–Kier alpha value is -1.84. The Morgan fingerprint density at radius 1 is 1.41 bits per heavy atom. The van der Waals surface area contributed by atoms with Gasteiger partial charge in [-0.25, -0.2) is 4.79 Å². The van der Waals surface area contributed by atoms with Gasteiger partial charge >= 0.3 is 6.09 Å². The van der Waals surface area contributed by atoms with Crippen LogP contribution >= 0.6 is 0 Å². The zero-order chi connectivity index (χ0) is 16.2. The fourth-order valence-corrected chi connectivity index (χ4v) is 2.81. The minimum atomic E-state index is -0.498. The van der Waals surface area contributed by atoms with Crippen LogP contribution in [0.3, 0.4) is 0 Å². The van der Waals surface area contributed by atoms with Crippen LogP contribution in [0.5, 0.6) is 0 Å². The first-order chi connectivity index (χ1) is 10.4. The summed E-state index contributed by atoms with van der Waals surface area (Å²) in [6, 6.07) is 5.75. The highest BCUT2D eigenvalue weighted by atomic mass is 16.6. The number of nitrogens with zero attached hydrogens (tertiary/aromatic N) is 2. The Labute approximate surface area is 133 Å². The smallest absolute Gasteiger partial charge is 0.410 e. The Morgan fingerprint density at radius 2 is 2.18 bits per heavy atom. The second kappa shape index (κ2) is 6.95. The van der Waals surface area contributed by atoms with E-state index in [1.54, 1.807) is 18.1 Å². The lowest BCUT2D eigenvalue weighted by molar-refractivity contribution is 0.0170. The maximum atomic E-state index is 12.5. The van der Waals surface area contributed by atoms with Gasteiger partial charge in [0.05, 0.1) is 11.7 Å². The van der Waals surface area contributed by atoms with Gasteiger partial charge in [0.25, 0.3) is 0 Å². The minimum Gasteiger partial charge on any atom is -0.444 e. The quantitative estimate of drug-likeness (QED) is 0.780. The predicted octanol–water partition coefficient (Wildman–Crippen LogP) is 4.35. The first kappa shape index (κ1) is 16.5. The van der Waals surface area contributed by atoms with Gasteiger partial charge in [0, 0.05) is 19.2 Å². The molecule has 1 amide bonds. The summed E-state index contributed by atoms with van der Waals surface area (Å²) < 4.78 is 5.53. The van der Waals surface area contributed by atoms with E-state index in [9.17, 15) is 4.79 Å². The van der Waals surface area contributed by atoms with Crippen molar-refractivity contribution in [2.24, 2.45) is 5.92 Å². The number of aromatic nitrogens is 1. The number of rotatable bonds is 3. The van der Waals surface area contributed by atoms with E-state index in [2.05, 4.69) is 17.1 Å². The average molecular weight is 302 g/mol. The van der Waals surface area contributed by atoms with Gasteiger partial charge in [0.1, 0.15) is 5.60 Å². The summed E-state index contributed by atoms with van der Waals surface area (Å²) in [6.07, 6.45) is 9.20. The van der Waals surface area contributed by atoms with Crippen LogP contribution in [0.4, 0.5) is 4.79 Å². The maximum absolute atomic E-state index is 12.5. The van der Waals surface area contributed by atoms with Crippen molar-refractivity contribution in [1.82, 2.24) is 9.88 Å². The van der Waals surface area contributed by atoms with Crippen LogP contribution in [0.2, 0.25) is 0 Å². The molecule has 0 N–H and O–H groups in total. The molecule has 1 aromatic heterocycles. The number of carbonyl (C=O) groups excluding carboxylic acids is 1. The zero-order valence-electron chi connectivity index (χ0n) is 14.0. The first-order valence-corrected chi connectivity index (χ1v) is 7.92. The summed E-state index contributed by atoms with van der Waals surface area (Å²) in [4.78, 5) is 18.6. The lowest BCUT2D eigenvalue weighted by Gasteiger charge is -2.35. The van der Waals surface area contributed by atoms with Crippen LogP contribution in [-0.4, -0.2) is 28.6 Å². The number of carbonyl (C=O) groups is 1. The third-order valence-corrected chi connectivity index (χ3v) is 3.79. The minimum absolute atomic E-state index is 0.0902. The van der Waals surface area contributed by atoms with Gasteiger partial charge in [-0.05, 0) is 52.2 Å². The molecule has 0 spiro atoms. The fraction of sp³-hybridized carbons (Fsp3) is 0.556. The van der Waals surface area contributed by atoms with Crippen molar-refractivity contribution in [2.75, 3.05) is 7.05 Å². The van der Waals surface area contributed by atoms with E-state index in [0.29, 0.717) is 0 Å². The summed E-state index contributed by atoms with van der Waals surface area (Å²) in [6.45, 7) is 5.65. The van der Waals surface area contributed by atoms with E-state index in [0.717, 1.165) is 25.0 Å². The molecule has 0 unspecified atom stereocenters. The molecule has 2 rings (SSSR count). The molecule has 1 aliphatic carbocycles. The predicted molar refractivity (Wildman–Crippen MR) is 87.5 cm³/mol. The van der Waals surface area contributed by atoms with Crippen LogP contribution in [0, 0.1) is 5.92 Å². The number of ether oxygens (including phenoxy) is 1. The standard InChI is InChI=1S/C18H26N2O2/c1-18(2,3)22-17(21)20(4)16(14-10-6-5-7-11-14)15-12-8-9-13-19-15/h6,8-10,12-14,16H,5,7,11H2,1-4H3/t14-,16-/m1/s1. The number of allylic oxidation sites excluding steroid dienone is 1. The van der Waals surface area contributed by atoms with Crippen molar-refractivity contribution in [3.63, 3.8) is 0 Å². The largest absolute Gasteiger partial charge is 0.444 e. The highest BCUT2D eigenvalue weighted by molar-refractivity contribution is 5.68. The second-order valence-electron chi connectivity index (χ2n) is 6.81. The molecule has 2 atom stereocenters. The van der Waals surface area contributed by atoms with Gasteiger partial charge in [-0.2, -0.15) is 0 Å². The van der Waals surface area contributed by atoms with Crippen molar-refractivity contribution < 1.29 is 9.53 Å². The molecule has 22 heavy (non-hydrogen) atoms. The van der Waals surface area contributed by atoms with Gasteiger partial charge in [-0.1, -0.05) is 18.2 Å². The molecule has 1 heterocycles. The van der Waals surface area contributed by atoms with Gasteiger partial charge in [-0.15, -0.1) is 0 Å². The lowest BCUT2D eigenvalue weighted by atomic mass is 9.86. The summed E-state index contributed by atoms with van der Waals surface area (Å²) in [7, 11) is 1.80. The molecule has 0 bridgehead atoms. The molecule has 0 saturated heterocycles. The maximum Gasteiger partial charge on any atom is 0.410 e. The van der Waals surface area contributed by atoms with Crippen LogP contribution in [0.15, 0.2) is 36.5 Å². The Bertz CT molecular complexity index is 520. The highest BCUT2D eigenvalue weighted by Gasteiger charge is 2.32. The number of amides is 1. The monoisotopic (exact) mass is 302 g/mol. The van der Waals surface area contributed by atoms with E-state index in [-0.39, 0.29) is 18.1 Å². The van der Waals surface area contributed by atoms with E-state index >= 15 is 0 Å². The van der Waals surface area contributed by atoms with Crippen LogP contribution < -0.4 is 0 Å². The van der Waals surface area contributed by atoms with E-state index in [4.69, 9.17) is 4.74 Å². The third kappa shape index (κ3) is 4.33. The Balaban J connectivity index is 2.26. The van der Waals surface area contributed by atoms with Crippen molar-refractivity contribution in [3.8, 4) is 0 Å². The molecule has 4 nitrogen and oxygen atoms in total. The molecular weight excluding hydrogens is 276 g/mol. The normalized spacial score (nSPS) is 19.5. The number of pyridine rings is 1.